The number of nitrogens with zero attached hydrogens (tertiary/aromatic N) is 1. The lowest BCUT2D eigenvalue weighted by atomic mass is 9.97. The van der Waals surface area contributed by atoms with Gasteiger partial charge in [0.1, 0.15) is 0 Å². The summed E-state index contributed by atoms with van der Waals surface area (Å²) in [5.74, 6) is -1.17. The van der Waals surface area contributed by atoms with E-state index in [1.165, 1.54) is 0 Å². The third kappa shape index (κ3) is 5.38. The van der Waals surface area contributed by atoms with Crippen LogP contribution in [0.3, 0.4) is 0 Å². The Kier molecular flexibility index (Phi) is 5.64. The number of rotatable bonds is 4. The van der Waals surface area contributed by atoms with E-state index >= 15 is 0 Å². The number of nitrogens with one attached hydrogen (secondary N) is 1. The summed E-state index contributed by atoms with van der Waals surface area (Å²) in [6, 6.07) is 0.0377. The van der Waals surface area contributed by atoms with E-state index in [2.05, 4.69) is 5.32 Å². The van der Waals surface area contributed by atoms with E-state index < -0.39 is 12.1 Å². The highest BCUT2D eigenvalue weighted by atomic mass is 19.4. The Hall–Kier alpha value is -0.780. The van der Waals surface area contributed by atoms with Crippen LogP contribution < -0.4 is 5.32 Å². The summed E-state index contributed by atoms with van der Waals surface area (Å²) in [5.41, 5.74) is 0. The third-order valence-corrected chi connectivity index (χ3v) is 3.72. The molecule has 0 unspecified atom stereocenters. The van der Waals surface area contributed by atoms with Gasteiger partial charge in [0.05, 0.1) is 12.5 Å². The molecule has 1 N–H and O–H groups in total. The van der Waals surface area contributed by atoms with Gasteiger partial charge < -0.3 is 5.32 Å². The molecule has 1 saturated heterocycles. The van der Waals surface area contributed by atoms with Crippen LogP contribution in [0.15, 0.2) is 0 Å². The molecule has 1 aliphatic heterocycles. The number of hydrogen-bond donors (Lipinski definition) is 1. The average molecular weight is 280 g/mol. The normalized spacial score (nSPS) is 23.4. The zero-order valence-electron chi connectivity index (χ0n) is 11.8. The van der Waals surface area contributed by atoms with Crippen LogP contribution in [0.2, 0.25) is 0 Å². The van der Waals surface area contributed by atoms with Gasteiger partial charge in [0.15, 0.2) is 0 Å². The highest BCUT2D eigenvalue weighted by molar-refractivity contribution is 5.78. The van der Waals surface area contributed by atoms with Crippen molar-refractivity contribution >= 4 is 5.91 Å². The van der Waals surface area contributed by atoms with Crippen LogP contribution in [0.25, 0.3) is 0 Å². The molecule has 1 heterocycles. The fourth-order valence-electron chi connectivity index (χ4n) is 2.14. The molecular formula is C13H23F3N2O. The second-order valence-corrected chi connectivity index (χ2v) is 5.72. The van der Waals surface area contributed by atoms with Gasteiger partial charge in [-0.3, -0.25) is 9.69 Å². The maximum atomic E-state index is 12.6. The third-order valence-electron chi connectivity index (χ3n) is 3.72. The topological polar surface area (TPSA) is 32.3 Å². The number of amides is 1. The quantitative estimate of drug-likeness (QED) is 0.857. The van der Waals surface area contributed by atoms with Crippen molar-refractivity contribution < 1.29 is 18.0 Å². The van der Waals surface area contributed by atoms with Crippen molar-refractivity contribution in [1.82, 2.24) is 10.2 Å². The average Bonchev–Trinajstić information content (AvgIpc) is 2.27. The Morgan fingerprint density at radius 2 is 2.00 bits per heavy atom. The van der Waals surface area contributed by atoms with Crippen molar-refractivity contribution in [2.24, 2.45) is 11.8 Å². The minimum absolute atomic E-state index is 0.0377. The van der Waals surface area contributed by atoms with Crippen molar-refractivity contribution in [2.75, 3.05) is 19.6 Å². The zero-order valence-corrected chi connectivity index (χ0v) is 11.8. The molecule has 2 atom stereocenters. The van der Waals surface area contributed by atoms with E-state index in [-0.39, 0.29) is 31.5 Å². The number of halogens is 3. The van der Waals surface area contributed by atoms with E-state index in [1.807, 2.05) is 20.8 Å². The first-order valence-electron chi connectivity index (χ1n) is 6.78. The summed E-state index contributed by atoms with van der Waals surface area (Å²) in [5, 5.41) is 2.82. The fraction of sp³-hybridized carbons (Fsp3) is 0.923. The van der Waals surface area contributed by atoms with Crippen molar-refractivity contribution in [3.05, 3.63) is 0 Å². The fourth-order valence-corrected chi connectivity index (χ4v) is 2.14. The number of carbonyl (C=O) groups excluding carboxylic acids is 1. The van der Waals surface area contributed by atoms with Gasteiger partial charge in [0.25, 0.3) is 0 Å². The van der Waals surface area contributed by atoms with Crippen molar-refractivity contribution in [3.8, 4) is 0 Å². The predicted molar refractivity (Wildman–Crippen MR) is 67.7 cm³/mol. The number of alkyl halides is 3. The Bertz CT molecular complexity index is 305. The highest BCUT2D eigenvalue weighted by Crippen LogP contribution is 2.32. The SMILES string of the molecule is CC(C)[C@H](C)NC(=O)CN1CCC[C@@H](C(F)(F)F)C1. The molecule has 1 aliphatic rings. The van der Waals surface area contributed by atoms with Gasteiger partial charge in [0, 0.05) is 12.6 Å². The van der Waals surface area contributed by atoms with Gasteiger partial charge in [-0.15, -0.1) is 0 Å². The van der Waals surface area contributed by atoms with Crippen LogP contribution in [0.1, 0.15) is 33.6 Å². The molecule has 3 nitrogen and oxygen atoms in total. The van der Waals surface area contributed by atoms with Crippen LogP contribution in [0.5, 0.6) is 0 Å². The lowest BCUT2D eigenvalue weighted by Gasteiger charge is -2.33. The number of hydrogen-bond acceptors (Lipinski definition) is 2. The van der Waals surface area contributed by atoms with E-state index in [4.69, 9.17) is 0 Å². The summed E-state index contributed by atoms with van der Waals surface area (Å²) in [6.45, 7) is 6.45. The van der Waals surface area contributed by atoms with Crippen LogP contribution in [-0.2, 0) is 4.79 Å². The Morgan fingerprint density at radius 3 is 2.53 bits per heavy atom. The largest absolute Gasteiger partial charge is 0.393 e. The van der Waals surface area contributed by atoms with Gasteiger partial charge in [0.2, 0.25) is 5.91 Å². The van der Waals surface area contributed by atoms with Crippen LogP contribution in [0, 0.1) is 11.8 Å². The maximum Gasteiger partial charge on any atom is 0.393 e. The van der Waals surface area contributed by atoms with Crippen LogP contribution in [-0.4, -0.2) is 42.7 Å². The number of likely N-dealkylation sites (tertiary alicyclic amines) is 1. The van der Waals surface area contributed by atoms with Gasteiger partial charge in [-0.2, -0.15) is 13.2 Å². The van der Waals surface area contributed by atoms with Gasteiger partial charge in [-0.1, -0.05) is 13.8 Å². The molecule has 6 heteroatoms. The molecule has 0 saturated carbocycles. The molecule has 0 aromatic heterocycles. The van der Waals surface area contributed by atoms with Gasteiger partial charge in [-0.05, 0) is 32.2 Å². The van der Waals surface area contributed by atoms with Crippen molar-refractivity contribution in [2.45, 2.75) is 45.8 Å². The first-order chi connectivity index (χ1) is 8.70. The molecule has 19 heavy (non-hydrogen) atoms. The minimum atomic E-state index is -4.15. The molecule has 0 radical (unpaired) electrons. The first-order valence-corrected chi connectivity index (χ1v) is 6.78. The lowest BCUT2D eigenvalue weighted by molar-refractivity contribution is -0.187. The minimum Gasteiger partial charge on any atom is -0.352 e. The Balaban J connectivity index is 2.42. The van der Waals surface area contributed by atoms with E-state index in [0.29, 0.717) is 18.9 Å². The summed E-state index contributed by atoms with van der Waals surface area (Å²) < 4.78 is 37.9. The second-order valence-electron chi connectivity index (χ2n) is 5.72. The molecule has 1 fully saturated rings. The van der Waals surface area contributed by atoms with E-state index in [9.17, 15) is 18.0 Å². The Labute approximate surface area is 112 Å². The molecular weight excluding hydrogens is 257 g/mol. The molecule has 112 valence electrons. The molecule has 0 bridgehead atoms. The van der Waals surface area contributed by atoms with Gasteiger partial charge >= 0.3 is 6.18 Å². The number of piperidine rings is 1. The summed E-state index contributed by atoms with van der Waals surface area (Å²) in [6.07, 6.45) is -3.48. The standard InChI is InChI=1S/C13H23F3N2O/c1-9(2)10(3)17-12(19)8-18-6-4-5-11(7-18)13(14,15)16/h9-11H,4-8H2,1-3H3,(H,17,19)/t10-,11+/m0/s1. The molecule has 0 aromatic carbocycles. The summed E-state index contributed by atoms with van der Waals surface area (Å²) in [7, 11) is 0. The zero-order chi connectivity index (χ0) is 14.6. The van der Waals surface area contributed by atoms with Crippen molar-refractivity contribution in [3.63, 3.8) is 0 Å². The van der Waals surface area contributed by atoms with Gasteiger partial charge in [-0.25, -0.2) is 0 Å². The molecule has 0 aromatic rings. The van der Waals surface area contributed by atoms with Crippen LogP contribution in [0.4, 0.5) is 13.2 Å². The molecule has 0 spiro atoms. The van der Waals surface area contributed by atoms with Crippen molar-refractivity contribution in [1.29, 1.82) is 0 Å². The molecule has 0 aliphatic carbocycles. The molecule has 1 amide bonds. The predicted octanol–water partition coefficient (Wildman–Crippen LogP) is 2.42. The number of carbonyl (C=O) groups is 1. The summed E-state index contributed by atoms with van der Waals surface area (Å²) >= 11 is 0. The van der Waals surface area contributed by atoms with Crippen LogP contribution >= 0.6 is 0 Å². The Morgan fingerprint density at radius 1 is 1.37 bits per heavy atom. The summed E-state index contributed by atoms with van der Waals surface area (Å²) in [4.78, 5) is 13.3. The smallest absolute Gasteiger partial charge is 0.352 e. The molecule has 1 rings (SSSR count). The highest BCUT2D eigenvalue weighted by Gasteiger charge is 2.41. The monoisotopic (exact) mass is 280 g/mol. The van der Waals surface area contributed by atoms with E-state index in [1.54, 1.807) is 4.90 Å². The lowest BCUT2D eigenvalue weighted by Crippen LogP contribution is -2.47. The first kappa shape index (κ1) is 16.3. The van der Waals surface area contributed by atoms with E-state index in [0.717, 1.165) is 0 Å². The maximum absolute atomic E-state index is 12.6. The second kappa shape index (κ2) is 6.59.